The Balaban J connectivity index is 2.14. The summed E-state index contributed by atoms with van der Waals surface area (Å²) in [5, 5.41) is 9.06. The first-order valence-electron chi connectivity index (χ1n) is 6.07. The zero-order valence-electron chi connectivity index (χ0n) is 11.0. The third-order valence-electron chi connectivity index (χ3n) is 2.75. The molecule has 0 radical (unpaired) electrons. The molecule has 3 N–H and O–H groups in total. The molecule has 0 saturated heterocycles. The quantitative estimate of drug-likeness (QED) is 0.848. The van der Waals surface area contributed by atoms with Crippen LogP contribution in [0.4, 0.5) is 13.2 Å². The fourth-order valence-electron chi connectivity index (χ4n) is 1.59. The lowest BCUT2D eigenvalue weighted by atomic mass is 10.2. The zero-order chi connectivity index (χ0) is 16.3. The van der Waals surface area contributed by atoms with E-state index in [2.05, 4.69) is 26.2 Å². The molecule has 1 aromatic heterocycles. The Labute approximate surface area is 131 Å². The fourth-order valence-corrected chi connectivity index (χ4v) is 1.86. The smallest absolute Gasteiger partial charge is 0.338 e. The maximum Gasteiger partial charge on any atom is 0.409 e. The van der Waals surface area contributed by atoms with Crippen LogP contribution in [0.5, 0.6) is 0 Å². The van der Waals surface area contributed by atoms with Crippen molar-refractivity contribution in [2.45, 2.75) is 12.2 Å². The van der Waals surface area contributed by atoms with Crippen LogP contribution in [0, 0.1) is 0 Å². The second-order valence-corrected chi connectivity index (χ2v) is 5.24. The molecule has 1 aromatic carbocycles. The number of alkyl halides is 3. The van der Waals surface area contributed by atoms with Crippen molar-refractivity contribution < 1.29 is 18.0 Å². The minimum atomic E-state index is -4.62. The first-order valence-corrected chi connectivity index (χ1v) is 6.86. The topological polar surface area (TPSA) is 85.8 Å². The highest BCUT2D eigenvalue weighted by atomic mass is 79.9. The molecule has 2 rings (SSSR count). The summed E-state index contributed by atoms with van der Waals surface area (Å²) < 4.78 is 39.8. The van der Waals surface area contributed by atoms with Gasteiger partial charge >= 0.3 is 6.18 Å². The zero-order valence-corrected chi connectivity index (χ0v) is 12.6. The summed E-state index contributed by atoms with van der Waals surface area (Å²) in [4.78, 5) is 11.8. The molecule has 0 bridgehead atoms. The predicted octanol–water partition coefficient (Wildman–Crippen LogP) is 1.65. The standard InChI is InChI=1S/C12H11BrF3N5O/c13-7-1-3-8(4-2-7)21-6-9(19-20-21)11(22)18-10(5-17)12(14,15)16/h1-4,6,10H,5,17H2,(H,18,22). The number of nitrogens with two attached hydrogens (primary N) is 1. The summed E-state index contributed by atoms with van der Waals surface area (Å²) in [5.74, 6) is -0.990. The number of nitrogens with zero attached hydrogens (tertiary/aromatic N) is 3. The SMILES string of the molecule is NCC(NC(=O)c1cn(-c2ccc(Br)cc2)nn1)C(F)(F)F. The highest BCUT2D eigenvalue weighted by Crippen LogP contribution is 2.19. The van der Waals surface area contributed by atoms with E-state index in [1.54, 1.807) is 29.6 Å². The van der Waals surface area contributed by atoms with Crippen LogP contribution < -0.4 is 11.1 Å². The van der Waals surface area contributed by atoms with Gasteiger partial charge in [0.25, 0.3) is 5.91 Å². The van der Waals surface area contributed by atoms with Gasteiger partial charge in [-0.1, -0.05) is 21.1 Å². The molecule has 0 aliphatic heterocycles. The summed E-state index contributed by atoms with van der Waals surface area (Å²) in [5.41, 5.74) is 5.40. The van der Waals surface area contributed by atoms with Crippen LogP contribution in [0.2, 0.25) is 0 Å². The maximum atomic E-state index is 12.6. The van der Waals surface area contributed by atoms with Gasteiger partial charge < -0.3 is 11.1 Å². The second kappa shape index (κ2) is 6.44. The fraction of sp³-hybridized carbons (Fsp3) is 0.250. The molecular weight excluding hydrogens is 367 g/mol. The average Bonchev–Trinajstić information content (AvgIpc) is 2.94. The normalized spacial score (nSPS) is 13.0. The molecule has 0 aliphatic rings. The minimum absolute atomic E-state index is 0.231. The van der Waals surface area contributed by atoms with E-state index in [0.29, 0.717) is 5.69 Å². The molecule has 10 heteroatoms. The lowest BCUT2D eigenvalue weighted by Crippen LogP contribution is -2.50. The first-order chi connectivity index (χ1) is 10.3. The van der Waals surface area contributed by atoms with Gasteiger partial charge in [-0.05, 0) is 24.3 Å². The maximum absolute atomic E-state index is 12.6. The number of rotatable bonds is 4. The van der Waals surface area contributed by atoms with Crippen molar-refractivity contribution in [1.82, 2.24) is 20.3 Å². The Hall–Kier alpha value is -1.94. The van der Waals surface area contributed by atoms with Crippen molar-refractivity contribution in [3.8, 4) is 5.69 Å². The van der Waals surface area contributed by atoms with Gasteiger partial charge in [0, 0.05) is 11.0 Å². The first kappa shape index (κ1) is 16.4. The minimum Gasteiger partial charge on any atom is -0.338 e. The number of carbonyl (C=O) groups excluding carboxylic acids is 1. The number of benzene rings is 1. The van der Waals surface area contributed by atoms with Gasteiger partial charge in [0.2, 0.25) is 0 Å². The molecule has 1 unspecified atom stereocenters. The van der Waals surface area contributed by atoms with E-state index in [1.165, 1.54) is 10.9 Å². The Bertz CT molecular complexity index is 656. The Kier molecular flexibility index (Phi) is 4.81. The number of carbonyl (C=O) groups is 1. The molecule has 0 aliphatic carbocycles. The largest absolute Gasteiger partial charge is 0.409 e. The molecule has 1 amide bonds. The monoisotopic (exact) mass is 377 g/mol. The highest BCUT2D eigenvalue weighted by Gasteiger charge is 2.40. The Morgan fingerprint density at radius 2 is 2.00 bits per heavy atom. The van der Waals surface area contributed by atoms with E-state index in [-0.39, 0.29) is 5.69 Å². The average molecular weight is 378 g/mol. The summed E-state index contributed by atoms with van der Waals surface area (Å²) in [6.07, 6.45) is -3.38. The second-order valence-electron chi connectivity index (χ2n) is 4.33. The molecule has 0 spiro atoms. The molecule has 0 fully saturated rings. The van der Waals surface area contributed by atoms with Crippen LogP contribution in [0.3, 0.4) is 0 Å². The van der Waals surface area contributed by atoms with Gasteiger partial charge in [-0.15, -0.1) is 5.10 Å². The summed E-state index contributed by atoms with van der Waals surface area (Å²) in [7, 11) is 0. The van der Waals surface area contributed by atoms with E-state index < -0.39 is 24.7 Å². The van der Waals surface area contributed by atoms with Crippen LogP contribution in [0.25, 0.3) is 5.69 Å². The van der Waals surface area contributed by atoms with Gasteiger partial charge in [-0.2, -0.15) is 13.2 Å². The lowest BCUT2D eigenvalue weighted by molar-refractivity contribution is -0.150. The number of aromatic nitrogens is 3. The van der Waals surface area contributed by atoms with Crippen LogP contribution in [-0.2, 0) is 0 Å². The molecule has 0 saturated carbocycles. The van der Waals surface area contributed by atoms with Gasteiger partial charge in [0.1, 0.15) is 6.04 Å². The van der Waals surface area contributed by atoms with Crippen molar-refractivity contribution >= 4 is 21.8 Å². The molecule has 2 aromatic rings. The van der Waals surface area contributed by atoms with E-state index in [9.17, 15) is 18.0 Å². The third-order valence-corrected chi connectivity index (χ3v) is 3.28. The highest BCUT2D eigenvalue weighted by molar-refractivity contribution is 9.10. The Morgan fingerprint density at radius 3 is 2.55 bits per heavy atom. The van der Waals surface area contributed by atoms with Gasteiger partial charge in [0.05, 0.1) is 11.9 Å². The van der Waals surface area contributed by atoms with Crippen molar-refractivity contribution in [3.05, 3.63) is 40.6 Å². The molecule has 1 heterocycles. The van der Waals surface area contributed by atoms with Gasteiger partial charge in [-0.3, -0.25) is 4.79 Å². The van der Waals surface area contributed by atoms with Crippen molar-refractivity contribution in [3.63, 3.8) is 0 Å². The van der Waals surface area contributed by atoms with Gasteiger partial charge in [-0.25, -0.2) is 4.68 Å². The lowest BCUT2D eigenvalue weighted by Gasteiger charge is -2.18. The Morgan fingerprint density at radius 1 is 1.36 bits per heavy atom. The van der Waals surface area contributed by atoms with Crippen molar-refractivity contribution in [2.24, 2.45) is 5.73 Å². The van der Waals surface area contributed by atoms with Crippen LogP contribution in [-0.4, -0.2) is 39.7 Å². The van der Waals surface area contributed by atoms with Crippen molar-refractivity contribution in [2.75, 3.05) is 6.54 Å². The van der Waals surface area contributed by atoms with Gasteiger partial charge in [0.15, 0.2) is 5.69 Å². The van der Waals surface area contributed by atoms with E-state index in [1.807, 2.05) is 0 Å². The molecular formula is C12H11BrF3N5O. The third kappa shape index (κ3) is 3.83. The van der Waals surface area contributed by atoms with Crippen LogP contribution in [0.1, 0.15) is 10.5 Å². The molecule has 6 nitrogen and oxygen atoms in total. The van der Waals surface area contributed by atoms with Crippen molar-refractivity contribution in [1.29, 1.82) is 0 Å². The van der Waals surface area contributed by atoms with Crippen LogP contribution in [0.15, 0.2) is 34.9 Å². The summed E-state index contributed by atoms with van der Waals surface area (Å²) in [6, 6.07) is 4.80. The van der Waals surface area contributed by atoms with Crippen LogP contribution >= 0.6 is 15.9 Å². The summed E-state index contributed by atoms with van der Waals surface area (Å²) >= 11 is 3.27. The molecule has 22 heavy (non-hydrogen) atoms. The molecule has 1 atom stereocenters. The van der Waals surface area contributed by atoms with E-state index in [0.717, 1.165) is 4.47 Å². The number of amides is 1. The summed E-state index contributed by atoms with van der Waals surface area (Å²) in [6.45, 7) is -0.754. The predicted molar refractivity (Wildman–Crippen MR) is 75.4 cm³/mol. The number of hydrogen-bond donors (Lipinski definition) is 2. The number of hydrogen-bond acceptors (Lipinski definition) is 4. The van der Waals surface area contributed by atoms with E-state index >= 15 is 0 Å². The van der Waals surface area contributed by atoms with E-state index in [4.69, 9.17) is 5.73 Å². The molecule has 118 valence electrons. The number of halogens is 4. The number of nitrogens with one attached hydrogen (secondary N) is 1.